The van der Waals surface area contributed by atoms with Crippen LogP contribution in [0.25, 0.3) is 0 Å². The fourth-order valence-corrected chi connectivity index (χ4v) is 14.4. The highest BCUT2D eigenvalue weighted by atomic mass is 32.2. The topological polar surface area (TPSA) is 24.9 Å². The van der Waals surface area contributed by atoms with Crippen LogP contribution in [0.15, 0.2) is 0 Å². The van der Waals surface area contributed by atoms with Crippen LogP contribution in [-0.2, 0) is 9.47 Å². The summed E-state index contributed by atoms with van der Waals surface area (Å²) in [5.74, 6) is 0. The highest BCUT2D eigenvalue weighted by Crippen LogP contribution is 2.53. The lowest BCUT2D eigenvalue weighted by Gasteiger charge is -2.61. The molecule has 2 heterocycles. The van der Waals surface area contributed by atoms with Gasteiger partial charge in [-0.1, -0.05) is 0 Å². The third-order valence-electron chi connectivity index (χ3n) is 13.9. The summed E-state index contributed by atoms with van der Waals surface area (Å²) in [5.41, 5.74) is 0. The van der Waals surface area contributed by atoms with Gasteiger partial charge in [0.25, 0.3) is 0 Å². The van der Waals surface area contributed by atoms with Gasteiger partial charge in [0.05, 0.1) is 95.8 Å². The number of unbranched alkanes of at least 4 members (excludes halogenated alkanes) is 2. The van der Waals surface area contributed by atoms with Gasteiger partial charge in [-0.15, -0.1) is 0 Å². The summed E-state index contributed by atoms with van der Waals surface area (Å²) in [6, 6.07) is 2.94. The number of hydrogen-bond donors (Lipinski definition) is 0. The summed E-state index contributed by atoms with van der Waals surface area (Å²) in [4.78, 5) is 6.23. The van der Waals surface area contributed by atoms with Crippen LogP contribution in [0.3, 0.4) is 0 Å². The maximum atomic E-state index is 6.03. The smallest absolute Gasteiger partial charge is 0.128 e. The van der Waals surface area contributed by atoms with Crippen LogP contribution < -0.4 is 0 Å². The minimum atomic E-state index is 0.450. The fraction of sp³-hybridized carbons (Fsp3) is 1.00. The molecule has 10 unspecified atom stereocenters. The van der Waals surface area contributed by atoms with E-state index in [1.165, 1.54) is 129 Å². The number of thioether (sulfide) groups is 2. The quantitative estimate of drug-likeness (QED) is 0.138. The molecule has 0 aromatic carbocycles. The molecule has 10 heteroatoms. The van der Waals surface area contributed by atoms with E-state index >= 15 is 0 Å². The van der Waals surface area contributed by atoms with E-state index in [1.54, 1.807) is 0 Å². The summed E-state index contributed by atoms with van der Waals surface area (Å²) < 4.78 is 16.5. The van der Waals surface area contributed by atoms with Crippen molar-refractivity contribution >= 4 is 23.5 Å². The Kier molecular flexibility index (Phi) is 15.3. The van der Waals surface area contributed by atoms with Crippen LogP contribution in [0.5, 0.6) is 0 Å². The van der Waals surface area contributed by atoms with Crippen molar-refractivity contribution in [2.24, 2.45) is 0 Å². The van der Waals surface area contributed by atoms with Crippen LogP contribution in [0.2, 0.25) is 0 Å². The van der Waals surface area contributed by atoms with Crippen molar-refractivity contribution < 1.29 is 27.4 Å². The highest BCUT2D eigenvalue weighted by Gasteiger charge is 2.54. The van der Waals surface area contributed by atoms with Crippen LogP contribution in [-0.4, -0.2) is 222 Å². The van der Waals surface area contributed by atoms with Gasteiger partial charge in [0, 0.05) is 59.4 Å². The Labute approximate surface area is 331 Å². The van der Waals surface area contributed by atoms with Crippen molar-refractivity contribution in [3.05, 3.63) is 0 Å². The summed E-state index contributed by atoms with van der Waals surface area (Å²) in [7, 11) is 27.7. The Morgan fingerprint density at radius 3 is 1.15 bits per heavy atom. The lowest BCUT2D eigenvalue weighted by molar-refractivity contribution is -0.937. The second kappa shape index (κ2) is 18.3. The second-order valence-electron chi connectivity index (χ2n) is 21.2. The van der Waals surface area contributed by atoms with Gasteiger partial charge in [0.2, 0.25) is 0 Å². The van der Waals surface area contributed by atoms with E-state index in [0.717, 1.165) is 63.1 Å². The van der Waals surface area contributed by atoms with E-state index in [0.29, 0.717) is 12.2 Å². The minimum Gasteiger partial charge on any atom is -0.381 e. The molecule has 52 heavy (non-hydrogen) atoms. The second-order valence-corrected chi connectivity index (χ2v) is 24.2. The molecule has 0 bridgehead atoms. The molecule has 10 atom stereocenters. The van der Waals surface area contributed by atoms with E-state index < -0.39 is 0 Å². The van der Waals surface area contributed by atoms with Gasteiger partial charge in [-0.2, -0.15) is 23.5 Å². The summed E-state index contributed by atoms with van der Waals surface area (Å²) in [6.45, 7) is 10.2. The van der Waals surface area contributed by atoms with E-state index in [-0.39, 0.29) is 0 Å². The van der Waals surface area contributed by atoms with Gasteiger partial charge in [-0.05, 0) is 90.1 Å². The Morgan fingerprint density at radius 2 is 0.808 bits per heavy atom. The lowest BCUT2D eigenvalue weighted by Crippen LogP contribution is -2.67. The Bertz CT molecular complexity index is 1010. The Balaban J connectivity index is 1.27. The molecule has 8 nitrogen and oxygen atoms in total. The monoisotopic (exact) mass is 771 g/mol. The number of rotatable bonds is 18. The van der Waals surface area contributed by atoms with Crippen LogP contribution in [0, 0.1) is 0 Å². The van der Waals surface area contributed by atoms with Crippen molar-refractivity contribution in [1.29, 1.82) is 0 Å². The summed E-state index contributed by atoms with van der Waals surface area (Å²) in [6.07, 6.45) is 16.7. The van der Waals surface area contributed by atoms with Crippen molar-refractivity contribution in [3.63, 3.8) is 0 Å². The average Bonchev–Trinajstić information content (AvgIpc) is 3.07. The molecular formula is C42H86N6O2S2+4. The zero-order chi connectivity index (χ0) is 37.9. The maximum Gasteiger partial charge on any atom is 0.128 e. The Morgan fingerprint density at radius 1 is 0.442 bits per heavy atom. The first kappa shape index (κ1) is 43.5. The number of ether oxygens (including phenoxy) is 2. The van der Waals surface area contributed by atoms with Gasteiger partial charge >= 0.3 is 0 Å². The standard InChI is InChI=1S/C42H86N6O2S2/c1-45(2,3)25-27-47(7,8)23-15-13-21-43-35-19-17-33(49-11)29-39(35)51-41-32-38-42(31-37(41)43)52-40-30-34(50-12)18-20-36(40)44(38)22-14-16-24-48(9,10)28-26-46(4,5)6/h33-42H,13-32H2,1-12H3/q+4. The zero-order valence-electron chi connectivity index (χ0n) is 36.2. The molecule has 2 aliphatic heterocycles. The van der Waals surface area contributed by atoms with Gasteiger partial charge in [0.1, 0.15) is 26.2 Å². The van der Waals surface area contributed by atoms with Crippen LogP contribution in [0.4, 0.5) is 0 Å². The molecule has 5 aliphatic rings. The zero-order valence-corrected chi connectivity index (χ0v) is 37.9. The van der Waals surface area contributed by atoms with Gasteiger partial charge in [0.15, 0.2) is 0 Å². The lowest BCUT2D eigenvalue weighted by atomic mass is 9.81. The molecule has 0 amide bonds. The normalized spacial score (nSPS) is 35.1. The number of likely N-dealkylation sites (N-methyl/N-ethyl adjacent to an activating group) is 4. The SMILES string of the molecule is COC1CCC2C(C1)SC1CC3C(CC1N2CCCC[N+](C)(C)CC[N+](C)(C)C)SC1CC(OC)CCC1N3CCCC[N+](C)(C)CC[N+](C)(C)C. The molecule has 0 spiro atoms. The van der Waals surface area contributed by atoms with E-state index in [4.69, 9.17) is 9.47 Å². The molecule has 5 rings (SSSR count). The van der Waals surface area contributed by atoms with Gasteiger partial charge < -0.3 is 27.4 Å². The molecule has 304 valence electrons. The van der Waals surface area contributed by atoms with E-state index in [1.807, 2.05) is 14.2 Å². The first-order chi connectivity index (χ1) is 24.4. The molecule has 0 radical (unpaired) electrons. The number of quaternary nitrogens is 4. The summed E-state index contributed by atoms with van der Waals surface area (Å²) >= 11 is 4.84. The summed E-state index contributed by atoms with van der Waals surface area (Å²) in [5, 5.41) is 2.98. The third kappa shape index (κ3) is 12.2. The molecule has 0 N–H and O–H groups in total. The molecule has 3 aliphatic carbocycles. The highest BCUT2D eigenvalue weighted by molar-refractivity contribution is 8.01. The van der Waals surface area contributed by atoms with Crippen molar-refractivity contribution in [2.45, 2.75) is 134 Å². The van der Waals surface area contributed by atoms with Crippen LogP contribution >= 0.6 is 23.5 Å². The first-order valence-corrected chi connectivity index (χ1v) is 23.4. The predicted molar refractivity (Wildman–Crippen MR) is 225 cm³/mol. The fourth-order valence-electron chi connectivity index (χ4n) is 10.4. The first-order valence-electron chi connectivity index (χ1n) is 21.5. The number of fused-ring (bicyclic) bond motifs is 4. The van der Waals surface area contributed by atoms with E-state index in [9.17, 15) is 0 Å². The largest absolute Gasteiger partial charge is 0.381 e. The third-order valence-corrected chi connectivity index (χ3v) is 17.3. The van der Waals surface area contributed by atoms with Crippen molar-refractivity contribution in [3.8, 4) is 0 Å². The molecule has 3 saturated carbocycles. The number of methoxy groups -OCH3 is 2. The molecular weight excluding hydrogens is 685 g/mol. The van der Waals surface area contributed by atoms with Gasteiger partial charge in [-0.25, -0.2) is 0 Å². The van der Waals surface area contributed by atoms with Crippen molar-refractivity contribution in [2.75, 3.05) is 137 Å². The molecule has 0 aromatic rings. The maximum absolute atomic E-state index is 6.03. The Hall–Kier alpha value is 0.380. The van der Waals surface area contributed by atoms with E-state index in [2.05, 4.69) is 104 Å². The number of hydrogen-bond acceptors (Lipinski definition) is 6. The predicted octanol–water partition coefficient (Wildman–Crippen LogP) is 5.35. The minimum absolute atomic E-state index is 0.450. The van der Waals surface area contributed by atoms with Crippen molar-refractivity contribution in [1.82, 2.24) is 9.80 Å². The van der Waals surface area contributed by atoms with Gasteiger partial charge in [-0.3, -0.25) is 9.80 Å². The number of nitrogens with zero attached hydrogens (tertiary/aromatic N) is 6. The average molecular weight is 771 g/mol. The molecule has 2 saturated heterocycles. The molecule has 5 fully saturated rings. The molecule has 0 aromatic heterocycles. The van der Waals surface area contributed by atoms with Crippen LogP contribution in [0.1, 0.15) is 77.0 Å².